The smallest absolute Gasteiger partial charge is 0.396 e. The first-order valence-electron chi connectivity index (χ1n) is 6.01. The Morgan fingerprint density at radius 2 is 1.94 bits per heavy atom. The average molecular weight is 255 g/mol. The Kier molecular flexibility index (Phi) is 6.22. The monoisotopic (exact) mass is 255 g/mol. The zero-order chi connectivity index (χ0) is 12.7. The Hall–Kier alpha value is -0.330. The molecule has 0 aromatic heterocycles. The fraction of sp³-hybridized carbons (Fsp3) is 1.00. The molecule has 2 atom stereocenters. The van der Waals surface area contributed by atoms with E-state index >= 15 is 0 Å². The minimum absolute atomic E-state index is 0.0498. The van der Waals surface area contributed by atoms with Crippen molar-refractivity contribution in [2.75, 3.05) is 26.4 Å². The molecule has 0 amide bonds. The van der Waals surface area contributed by atoms with Crippen LogP contribution in [0.25, 0.3) is 0 Å². The van der Waals surface area contributed by atoms with Crippen LogP contribution in [0.2, 0.25) is 0 Å². The highest BCUT2D eigenvalue weighted by atomic mass is 19.4. The SMILES string of the molecule is OCC1CCCCC1NCCOCC(F)(F)F. The second-order valence-corrected chi connectivity index (χ2v) is 4.46. The lowest BCUT2D eigenvalue weighted by molar-refractivity contribution is -0.173. The number of ether oxygens (including phenoxy) is 1. The highest BCUT2D eigenvalue weighted by molar-refractivity contribution is 4.80. The molecule has 0 bridgehead atoms. The summed E-state index contributed by atoms with van der Waals surface area (Å²) in [6, 6.07) is 0.211. The maximum absolute atomic E-state index is 11.8. The van der Waals surface area contributed by atoms with Gasteiger partial charge in [0.2, 0.25) is 0 Å². The van der Waals surface area contributed by atoms with Crippen LogP contribution in [0.4, 0.5) is 13.2 Å². The molecule has 0 aromatic carbocycles. The lowest BCUT2D eigenvalue weighted by Gasteiger charge is -2.31. The van der Waals surface area contributed by atoms with Crippen LogP contribution in [-0.2, 0) is 4.74 Å². The van der Waals surface area contributed by atoms with Crippen molar-refractivity contribution in [3.8, 4) is 0 Å². The number of rotatable bonds is 6. The molecule has 3 nitrogen and oxygen atoms in total. The van der Waals surface area contributed by atoms with Crippen molar-refractivity contribution in [3.05, 3.63) is 0 Å². The molecule has 1 fully saturated rings. The summed E-state index contributed by atoms with van der Waals surface area (Å²) in [6.07, 6.45) is -0.0634. The van der Waals surface area contributed by atoms with Crippen molar-refractivity contribution in [1.82, 2.24) is 5.32 Å². The molecule has 102 valence electrons. The molecular weight excluding hydrogens is 235 g/mol. The number of aliphatic hydroxyl groups is 1. The second kappa shape index (κ2) is 7.18. The van der Waals surface area contributed by atoms with Crippen LogP contribution in [0.5, 0.6) is 0 Å². The highest BCUT2D eigenvalue weighted by Crippen LogP contribution is 2.23. The summed E-state index contributed by atoms with van der Waals surface area (Å²) in [5, 5.41) is 12.3. The van der Waals surface area contributed by atoms with Crippen LogP contribution in [0.1, 0.15) is 25.7 Å². The third-order valence-electron chi connectivity index (χ3n) is 3.06. The van der Waals surface area contributed by atoms with Gasteiger partial charge < -0.3 is 15.2 Å². The molecule has 1 aliphatic carbocycles. The van der Waals surface area contributed by atoms with Crippen molar-refractivity contribution in [2.45, 2.75) is 37.9 Å². The van der Waals surface area contributed by atoms with E-state index in [4.69, 9.17) is 5.11 Å². The van der Waals surface area contributed by atoms with E-state index in [-0.39, 0.29) is 25.2 Å². The van der Waals surface area contributed by atoms with E-state index in [1.54, 1.807) is 0 Å². The maximum atomic E-state index is 11.8. The molecule has 0 radical (unpaired) electrons. The Morgan fingerprint density at radius 3 is 2.59 bits per heavy atom. The quantitative estimate of drug-likeness (QED) is 0.710. The van der Waals surface area contributed by atoms with Gasteiger partial charge in [0.05, 0.1) is 6.61 Å². The number of nitrogens with one attached hydrogen (secondary N) is 1. The number of hydrogen-bond donors (Lipinski definition) is 2. The standard InChI is InChI=1S/C11H20F3NO2/c12-11(13,14)8-17-6-5-15-10-4-2-1-3-9(10)7-16/h9-10,15-16H,1-8H2. The normalized spacial score (nSPS) is 26.1. The third kappa shape index (κ3) is 6.24. The molecule has 2 N–H and O–H groups in total. The van der Waals surface area contributed by atoms with Gasteiger partial charge in [-0.05, 0) is 18.8 Å². The van der Waals surface area contributed by atoms with Gasteiger partial charge in [0.25, 0.3) is 0 Å². The molecule has 0 heterocycles. The van der Waals surface area contributed by atoms with E-state index in [1.807, 2.05) is 0 Å². The molecule has 0 spiro atoms. The van der Waals surface area contributed by atoms with E-state index in [9.17, 15) is 13.2 Å². The lowest BCUT2D eigenvalue weighted by Crippen LogP contribution is -2.41. The van der Waals surface area contributed by atoms with Crippen molar-refractivity contribution >= 4 is 0 Å². The summed E-state index contributed by atoms with van der Waals surface area (Å²) >= 11 is 0. The van der Waals surface area contributed by atoms with Crippen molar-refractivity contribution in [3.63, 3.8) is 0 Å². The molecule has 1 saturated carbocycles. The van der Waals surface area contributed by atoms with Gasteiger partial charge in [-0.25, -0.2) is 0 Å². The topological polar surface area (TPSA) is 41.5 Å². The Bertz CT molecular complexity index is 211. The van der Waals surface area contributed by atoms with Gasteiger partial charge in [-0.2, -0.15) is 13.2 Å². The highest BCUT2D eigenvalue weighted by Gasteiger charge is 2.27. The number of hydrogen-bond acceptors (Lipinski definition) is 3. The second-order valence-electron chi connectivity index (χ2n) is 4.46. The minimum atomic E-state index is -4.25. The molecular formula is C11H20F3NO2. The molecule has 0 aliphatic heterocycles. The van der Waals surface area contributed by atoms with E-state index in [2.05, 4.69) is 10.1 Å². The molecule has 1 rings (SSSR count). The molecule has 1 aliphatic rings. The molecule has 6 heteroatoms. The van der Waals surface area contributed by atoms with Gasteiger partial charge in [-0.1, -0.05) is 12.8 Å². The average Bonchev–Trinajstić information content (AvgIpc) is 2.27. The zero-order valence-electron chi connectivity index (χ0n) is 9.80. The lowest BCUT2D eigenvalue weighted by atomic mass is 9.85. The summed E-state index contributed by atoms with van der Waals surface area (Å²) in [7, 11) is 0. The zero-order valence-corrected chi connectivity index (χ0v) is 9.80. The minimum Gasteiger partial charge on any atom is -0.396 e. The van der Waals surface area contributed by atoms with Crippen molar-refractivity contribution < 1.29 is 23.0 Å². The van der Waals surface area contributed by atoms with Gasteiger partial charge in [0.1, 0.15) is 6.61 Å². The number of alkyl halides is 3. The van der Waals surface area contributed by atoms with Crippen LogP contribution in [0.3, 0.4) is 0 Å². The van der Waals surface area contributed by atoms with Gasteiger partial charge in [0.15, 0.2) is 0 Å². The van der Waals surface area contributed by atoms with Crippen molar-refractivity contribution in [1.29, 1.82) is 0 Å². The predicted molar refractivity (Wildman–Crippen MR) is 57.7 cm³/mol. The van der Waals surface area contributed by atoms with Gasteiger partial charge >= 0.3 is 6.18 Å². The maximum Gasteiger partial charge on any atom is 0.411 e. The summed E-state index contributed by atoms with van der Waals surface area (Å²) < 4.78 is 39.8. The number of aliphatic hydroxyl groups excluding tert-OH is 1. The van der Waals surface area contributed by atoms with E-state index in [0.29, 0.717) is 6.54 Å². The fourth-order valence-electron chi connectivity index (χ4n) is 2.20. The van der Waals surface area contributed by atoms with Crippen molar-refractivity contribution in [2.24, 2.45) is 5.92 Å². The van der Waals surface area contributed by atoms with Gasteiger partial charge in [-0.15, -0.1) is 0 Å². The first-order chi connectivity index (χ1) is 8.03. The summed E-state index contributed by atoms with van der Waals surface area (Å²) in [4.78, 5) is 0. The van der Waals surface area contributed by atoms with Gasteiger partial charge in [-0.3, -0.25) is 0 Å². The Balaban J connectivity index is 2.08. The molecule has 0 saturated heterocycles. The van der Waals surface area contributed by atoms with E-state index < -0.39 is 12.8 Å². The van der Waals surface area contributed by atoms with Crippen LogP contribution < -0.4 is 5.32 Å². The summed E-state index contributed by atoms with van der Waals surface area (Å²) in [5.41, 5.74) is 0. The summed E-state index contributed by atoms with van der Waals surface area (Å²) in [5.74, 6) is 0.228. The number of halogens is 3. The summed E-state index contributed by atoms with van der Waals surface area (Å²) in [6.45, 7) is -0.602. The van der Waals surface area contributed by atoms with Crippen LogP contribution in [0.15, 0.2) is 0 Å². The van der Waals surface area contributed by atoms with E-state index in [1.165, 1.54) is 0 Å². The van der Waals surface area contributed by atoms with E-state index in [0.717, 1.165) is 25.7 Å². The Morgan fingerprint density at radius 1 is 1.24 bits per heavy atom. The molecule has 2 unspecified atom stereocenters. The van der Waals surface area contributed by atoms with Crippen LogP contribution in [0, 0.1) is 5.92 Å². The Labute approximate surface area is 99.3 Å². The first kappa shape index (κ1) is 14.7. The van der Waals surface area contributed by atoms with Gasteiger partial charge in [0, 0.05) is 19.2 Å². The van der Waals surface area contributed by atoms with Crippen LogP contribution in [-0.4, -0.2) is 43.7 Å². The molecule has 17 heavy (non-hydrogen) atoms. The molecule has 0 aromatic rings. The predicted octanol–water partition coefficient (Wildman–Crippen LogP) is 1.71. The van der Waals surface area contributed by atoms with Crippen LogP contribution >= 0.6 is 0 Å². The first-order valence-corrected chi connectivity index (χ1v) is 6.01. The largest absolute Gasteiger partial charge is 0.411 e. The third-order valence-corrected chi connectivity index (χ3v) is 3.06. The fourth-order valence-corrected chi connectivity index (χ4v) is 2.20.